The van der Waals surface area contributed by atoms with E-state index in [2.05, 4.69) is 16.4 Å². The van der Waals surface area contributed by atoms with Gasteiger partial charge in [-0.15, -0.1) is 0 Å². The van der Waals surface area contributed by atoms with Gasteiger partial charge in [0.15, 0.2) is 0 Å². The molecule has 0 radical (unpaired) electrons. The minimum Gasteiger partial charge on any atom is -0.462 e. The number of amides is 1. The van der Waals surface area contributed by atoms with Gasteiger partial charge in [-0.05, 0) is 87.1 Å². The lowest BCUT2D eigenvalue weighted by Crippen LogP contribution is -2.48. The average Bonchev–Trinajstić information content (AvgIpc) is 3.15. The number of cyclic esters (lactones) is 1. The highest BCUT2D eigenvalue weighted by atomic mass is 19.1. The Kier molecular flexibility index (Phi) is 7.08. The highest BCUT2D eigenvalue weighted by molar-refractivity contribution is 5.75. The van der Waals surface area contributed by atoms with Gasteiger partial charge >= 0.3 is 12.1 Å². The molecule has 0 spiro atoms. The molecule has 3 fully saturated rings. The molecule has 7 atom stereocenters. The van der Waals surface area contributed by atoms with Gasteiger partial charge in [-0.2, -0.15) is 0 Å². The zero-order valence-electron chi connectivity index (χ0n) is 20.7. The molecule has 2 heterocycles. The molecule has 1 N–H and O–H groups in total. The Morgan fingerprint density at radius 3 is 2.83 bits per heavy atom. The number of nitrogens with one attached hydrogen (secondary N) is 1. The fourth-order valence-corrected chi connectivity index (χ4v) is 6.64. The van der Waals surface area contributed by atoms with Crippen molar-refractivity contribution in [1.82, 2.24) is 10.3 Å². The number of alkyl carbamates (subject to hydrolysis) is 1. The SMILES string of the molecule is CCOC(=O)N[C@H]1CC[C@H]2[C@@H](C1)C[C@@H]1C(=O)O[C@H](C)[C@H]1[C@@H]2/C=C/c1ccc(-c2cccc(F)c2)cn1. The van der Waals surface area contributed by atoms with Crippen molar-refractivity contribution in [2.45, 2.75) is 51.7 Å². The number of halogens is 1. The molecule has 3 aliphatic rings. The fourth-order valence-electron chi connectivity index (χ4n) is 6.64. The van der Waals surface area contributed by atoms with Crippen LogP contribution in [-0.2, 0) is 14.3 Å². The van der Waals surface area contributed by atoms with Crippen LogP contribution >= 0.6 is 0 Å². The number of benzene rings is 1. The van der Waals surface area contributed by atoms with Gasteiger partial charge in [0.05, 0.1) is 18.2 Å². The summed E-state index contributed by atoms with van der Waals surface area (Å²) in [6.07, 6.45) is 9.07. The quantitative estimate of drug-likeness (QED) is 0.548. The van der Waals surface area contributed by atoms with E-state index >= 15 is 0 Å². The van der Waals surface area contributed by atoms with E-state index in [0.717, 1.165) is 42.5 Å². The van der Waals surface area contributed by atoms with Gasteiger partial charge in [0.25, 0.3) is 0 Å². The zero-order chi connectivity index (χ0) is 25.2. The largest absolute Gasteiger partial charge is 0.462 e. The Labute approximate surface area is 211 Å². The van der Waals surface area contributed by atoms with Gasteiger partial charge in [-0.25, -0.2) is 9.18 Å². The highest BCUT2D eigenvalue weighted by Gasteiger charge is 2.54. The van der Waals surface area contributed by atoms with E-state index in [9.17, 15) is 14.0 Å². The number of hydrogen-bond acceptors (Lipinski definition) is 5. The zero-order valence-corrected chi connectivity index (χ0v) is 20.7. The smallest absolute Gasteiger partial charge is 0.407 e. The monoisotopic (exact) mass is 492 g/mol. The van der Waals surface area contributed by atoms with Crippen molar-refractivity contribution in [2.75, 3.05) is 6.61 Å². The summed E-state index contributed by atoms with van der Waals surface area (Å²) in [5.41, 5.74) is 2.48. The third kappa shape index (κ3) is 5.01. The molecule has 1 aliphatic heterocycles. The normalized spacial score (nSPS) is 31.4. The van der Waals surface area contributed by atoms with Crippen LogP contribution in [0.3, 0.4) is 0 Å². The van der Waals surface area contributed by atoms with Crippen LogP contribution in [0.5, 0.6) is 0 Å². The number of pyridine rings is 1. The van der Waals surface area contributed by atoms with Gasteiger partial charge in [0, 0.05) is 23.7 Å². The number of carbonyl (C=O) groups is 2. The molecule has 1 amide bonds. The summed E-state index contributed by atoms with van der Waals surface area (Å²) in [7, 11) is 0. The Balaban J connectivity index is 1.34. The summed E-state index contributed by atoms with van der Waals surface area (Å²) in [4.78, 5) is 29.2. The second-order valence-electron chi connectivity index (χ2n) is 10.3. The number of allylic oxidation sites excluding steroid dienone is 1. The summed E-state index contributed by atoms with van der Waals surface area (Å²) in [5.74, 6) is 0.629. The first-order valence-corrected chi connectivity index (χ1v) is 13.0. The number of ether oxygens (including phenoxy) is 2. The van der Waals surface area contributed by atoms with Crippen LogP contribution < -0.4 is 5.32 Å². The molecule has 36 heavy (non-hydrogen) atoms. The Hall–Kier alpha value is -3.22. The lowest BCUT2D eigenvalue weighted by Gasteiger charge is -2.47. The van der Waals surface area contributed by atoms with Gasteiger partial charge < -0.3 is 14.8 Å². The first-order valence-electron chi connectivity index (χ1n) is 13.0. The Bertz CT molecular complexity index is 1130. The molecule has 0 bridgehead atoms. The van der Waals surface area contributed by atoms with Crippen molar-refractivity contribution in [2.24, 2.45) is 29.6 Å². The molecule has 2 aromatic rings. The molecule has 0 unspecified atom stereocenters. The number of carbonyl (C=O) groups excluding carboxylic acids is 2. The predicted molar refractivity (Wildman–Crippen MR) is 134 cm³/mol. The second-order valence-corrected chi connectivity index (χ2v) is 10.3. The molecule has 1 aromatic heterocycles. The molecule has 190 valence electrons. The maximum Gasteiger partial charge on any atom is 0.407 e. The van der Waals surface area contributed by atoms with Crippen LogP contribution in [0.2, 0.25) is 0 Å². The topological polar surface area (TPSA) is 77.5 Å². The number of rotatable bonds is 5. The third-order valence-corrected chi connectivity index (χ3v) is 8.18. The number of nitrogens with zero attached hydrogens (tertiary/aromatic N) is 1. The van der Waals surface area contributed by atoms with Crippen LogP contribution in [0.4, 0.5) is 9.18 Å². The fraction of sp³-hybridized carbons (Fsp3) is 0.483. The van der Waals surface area contributed by atoms with Crippen LogP contribution in [0.15, 0.2) is 48.7 Å². The summed E-state index contributed by atoms with van der Waals surface area (Å²) in [5, 5.41) is 3.00. The van der Waals surface area contributed by atoms with E-state index in [4.69, 9.17) is 9.47 Å². The lowest BCUT2D eigenvalue weighted by molar-refractivity contribution is -0.144. The summed E-state index contributed by atoms with van der Waals surface area (Å²) in [6.45, 7) is 4.15. The molecule has 7 heteroatoms. The van der Waals surface area contributed by atoms with E-state index < -0.39 is 0 Å². The third-order valence-electron chi connectivity index (χ3n) is 8.18. The molecular formula is C29H33FN2O4. The van der Waals surface area contributed by atoms with Gasteiger partial charge in [-0.1, -0.05) is 24.3 Å². The molecule has 5 rings (SSSR count). The summed E-state index contributed by atoms with van der Waals surface area (Å²) >= 11 is 0. The minimum atomic E-state index is -0.368. The molecule has 2 aliphatic carbocycles. The van der Waals surface area contributed by atoms with Gasteiger partial charge in [-0.3, -0.25) is 9.78 Å². The van der Waals surface area contributed by atoms with Crippen LogP contribution in [0.1, 0.15) is 45.2 Å². The lowest BCUT2D eigenvalue weighted by atomic mass is 9.57. The molecule has 2 saturated carbocycles. The molecule has 1 aromatic carbocycles. The van der Waals surface area contributed by atoms with Crippen molar-refractivity contribution in [1.29, 1.82) is 0 Å². The summed E-state index contributed by atoms with van der Waals surface area (Å²) in [6, 6.07) is 10.4. The van der Waals surface area contributed by atoms with Crippen LogP contribution in [0.25, 0.3) is 17.2 Å². The van der Waals surface area contributed by atoms with E-state index in [0.29, 0.717) is 18.4 Å². The maximum atomic E-state index is 13.6. The minimum absolute atomic E-state index is 0.0679. The average molecular weight is 493 g/mol. The number of fused-ring (bicyclic) bond motifs is 2. The van der Waals surface area contributed by atoms with Crippen molar-refractivity contribution in [3.8, 4) is 11.1 Å². The molecule has 1 saturated heterocycles. The highest BCUT2D eigenvalue weighted by Crippen LogP contribution is 2.53. The van der Waals surface area contributed by atoms with Crippen LogP contribution in [0, 0.1) is 35.4 Å². The molecule has 6 nitrogen and oxygen atoms in total. The van der Waals surface area contributed by atoms with Crippen molar-refractivity contribution >= 4 is 18.1 Å². The van der Waals surface area contributed by atoms with E-state index in [1.165, 1.54) is 12.1 Å². The first-order chi connectivity index (χ1) is 17.4. The van der Waals surface area contributed by atoms with Crippen molar-refractivity contribution in [3.05, 3.63) is 60.2 Å². The first kappa shape index (κ1) is 24.5. The number of esters is 1. The number of hydrogen-bond donors (Lipinski definition) is 1. The Morgan fingerprint density at radius 1 is 1.22 bits per heavy atom. The van der Waals surface area contributed by atoms with E-state index in [1.807, 2.05) is 31.2 Å². The summed E-state index contributed by atoms with van der Waals surface area (Å²) < 4.78 is 24.3. The predicted octanol–water partition coefficient (Wildman–Crippen LogP) is 5.63. The van der Waals surface area contributed by atoms with Crippen molar-refractivity contribution in [3.63, 3.8) is 0 Å². The second kappa shape index (κ2) is 10.4. The Morgan fingerprint density at radius 2 is 2.08 bits per heavy atom. The standard InChI is InChI=1S/C29H33FN2O4/c1-3-35-29(34)32-23-10-11-24-20(14-23)15-26-27(17(2)36-28(26)33)25(24)12-9-22-8-7-19(16-31-22)18-5-4-6-21(30)13-18/h4-9,12-13,16-17,20,23-27H,3,10-11,14-15H2,1-2H3,(H,32,34)/b12-9+/t17-,20+,23+,24+,25-,26+,27+/m1/s1. The van der Waals surface area contributed by atoms with Crippen LogP contribution in [-0.4, -0.2) is 35.8 Å². The number of aromatic nitrogens is 1. The van der Waals surface area contributed by atoms with Gasteiger partial charge in [0.2, 0.25) is 0 Å². The van der Waals surface area contributed by atoms with E-state index in [-0.39, 0.29) is 47.8 Å². The van der Waals surface area contributed by atoms with Crippen molar-refractivity contribution < 1.29 is 23.5 Å². The maximum absolute atomic E-state index is 13.6. The molecular weight excluding hydrogens is 459 g/mol. The van der Waals surface area contributed by atoms with Gasteiger partial charge in [0.1, 0.15) is 11.9 Å². The van der Waals surface area contributed by atoms with E-state index in [1.54, 1.807) is 19.2 Å².